The van der Waals surface area contributed by atoms with Crippen molar-refractivity contribution in [2.75, 3.05) is 5.32 Å². The number of anilines is 1. The lowest BCUT2D eigenvalue weighted by Gasteiger charge is -2.07. The van der Waals surface area contributed by atoms with Crippen molar-refractivity contribution >= 4 is 44.1 Å². The van der Waals surface area contributed by atoms with Gasteiger partial charge in [0.15, 0.2) is 5.58 Å². The summed E-state index contributed by atoms with van der Waals surface area (Å²) in [6.45, 7) is 0. The van der Waals surface area contributed by atoms with Gasteiger partial charge in [0, 0.05) is 17.9 Å². The van der Waals surface area contributed by atoms with Crippen molar-refractivity contribution in [3.05, 3.63) is 105 Å². The fourth-order valence-corrected chi connectivity index (χ4v) is 4.65. The Morgan fingerprint density at radius 3 is 2.50 bits per heavy atom. The number of thiazole rings is 1. The van der Waals surface area contributed by atoms with Crippen LogP contribution in [0.1, 0.15) is 26.5 Å². The van der Waals surface area contributed by atoms with Crippen molar-refractivity contribution in [3.8, 4) is 0 Å². The van der Waals surface area contributed by atoms with Gasteiger partial charge in [-0.3, -0.25) is 4.79 Å². The van der Waals surface area contributed by atoms with Crippen molar-refractivity contribution in [1.29, 1.82) is 0 Å². The molecule has 0 aliphatic heterocycles. The van der Waals surface area contributed by atoms with Gasteiger partial charge in [-0.1, -0.05) is 30.3 Å². The number of halogens is 3. The smallest absolute Gasteiger partial charge is 0.416 e. The highest BCUT2D eigenvalue weighted by molar-refractivity contribution is 7.18. The number of alkyl halides is 3. The molecule has 0 aliphatic rings. The monoisotopic (exact) mass is 480 g/mol. The summed E-state index contributed by atoms with van der Waals surface area (Å²) in [4.78, 5) is 29.3. The number of rotatable bonds is 4. The topological polar surface area (TPSA) is 72.2 Å². The summed E-state index contributed by atoms with van der Waals surface area (Å²) >= 11 is 1.40. The molecular weight excluding hydrogens is 465 g/mol. The zero-order valence-corrected chi connectivity index (χ0v) is 18.2. The first-order valence-corrected chi connectivity index (χ1v) is 11.0. The molecule has 0 unspecified atom stereocenters. The summed E-state index contributed by atoms with van der Waals surface area (Å²) in [5.41, 5.74) is 0.908. The van der Waals surface area contributed by atoms with Crippen LogP contribution in [0.25, 0.3) is 21.2 Å². The molecular formula is C25H15F3N2O3S. The molecule has 0 saturated heterocycles. The normalized spacial score (nSPS) is 11.7. The molecule has 0 bridgehead atoms. The highest BCUT2D eigenvalue weighted by Crippen LogP contribution is 2.32. The molecule has 0 atom stereocenters. The Bertz CT molecular complexity index is 1590. The third kappa shape index (κ3) is 4.29. The molecule has 34 heavy (non-hydrogen) atoms. The average Bonchev–Trinajstić information content (AvgIpc) is 3.22. The third-order valence-electron chi connectivity index (χ3n) is 5.24. The van der Waals surface area contributed by atoms with Gasteiger partial charge in [0.1, 0.15) is 5.52 Å². The lowest BCUT2D eigenvalue weighted by molar-refractivity contribution is -0.137. The van der Waals surface area contributed by atoms with Crippen LogP contribution in [0.2, 0.25) is 0 Å². The quantitative estimate of drug-likeness (QED) is 0.308. The minimum absolute atomic E-state index is 0.195. The van der Waals surface area contributed by atoms with E-state index in [0.717, 1.165) is 16.8 Å². The van der Waals surface area contributed by atoms with Crippen molar-refractivity contribution in [2.45, 2.75) is 12.6 Å². The predicted octanol–water partition coefficient (Wildman–Crippen LogP) is 6.26. The number of hydrogen-bond acceptors (Lipinski definition) is 5. The van der Waals surface area contributed by atoms with E-state index in [0.29, 0.717) is 33.6 Å². The molecule has 9 heteroatoms. The van der Waals surface area contributed by atoms with Gasteiger partial charge < -0.3 is 9.73 Å². The summed E-state index contributed by atoms with van der Waals surface area (Å²) in [7, 11) is 0. The number of amides is 1. The van der Waals surface area contributed by atoms with Crippen LogP contribution in [-0.4, -0.2) is 10.9 Å². The number of benzene rings is 3. The minimum Gasteiger partial charge on any atom is -0.422 e. The first kappa shape index (κ1) is 21.8. The molecule has 1 amide bonds. The van der Waals surface area contributed by atoms with E-state index in [1.54, 1.807) is 36.4 Å². The third-order valence-corrected chi connectivity index (χ3v) is 6.26. The van der Waals surface area contributed by atoms with E-state index in [-0.39, 0.29) is 11.1 Å². The SMILES string of the molecule is O=C(Nc1cccc2sc(Cc3ccc(C(F)(F)F)cc3)nc12)c1cccc2ccc(=O)oc12. The molecule has 2 heterocycles. The van der Waals surface area contributed by atoms with Crippen molar-refractivity contribution in [2.24, 2.45) is 0 Å². The van der Waals surface area contributed by atoms with Crippen molar-refractivity contribution in [1.82, 2.24) is 4.98 Å². The van der Waals surface area contributed by atoms with Crippen LogP contribution >= 0.6 is 11.3 Å². The highest BCUT2D eigenvalue weighted by Gasteiger charge is 2.30. The van der Waals surface area contributed by atoms with E-state index < -0.39 is 23.3 Å². The lowest BCUT2D eigenvalue weighted by atomic mass is 10.1. The number of aromatic nitrogens is 1. The number of hydrogen-bond donors (Lipinski definition) is 1. The summed E-state index contributed by atoms with van der Waals surface area (Å²) in [6, 6.07) is 18.2. The van der Waals surface area contributed by atoms with Crippen LogP contribution in [0.4, 0.5) is 18.9 Å². The number of para-hydroxylation sites is 2. The van der Waals surface area contributed by atoms with E-state index >= 15 is 0 Å². The molecule has 0 radical (unpaired) electrons. The Hall–Kier alpha value is -3.98. The van der Waals surface area contributed by atoms with Gasteiger partial charge in [-0.05, 0) is 42.0 Å². The standard InChI is InChI=1S/C25H15F3N2O3S/c26-25(27,28)16-10-7-14(8-11-16)13-20-30-22-18(5-2-6-19(22)34-20)29-24(32)17-4-1-3-15-9-12-21(31)33-23(15)17/h1-12H,13H2,(H,29,32). The highest BCUT2D eigenvalue weighted by atomic mass is 32.1. The predicted molar refractivity (Wildman–Crippen MR) is 124 cm³/mol. The van der Waals surface area contributed by atoms with Crippen LogP contribution in [0.3, 0.4) is 0 Å². The molecule has 2 aromatic heterocycles. The number of carbonyl (C=O) groups is 1. The zero-order chi connectivity index (χ0) is 23.9. The maximum Gasteiger partial charge on any atom is 0.416 e. The molecule has 0 spiro atoms. The molecule has 3 aromatic carbocycles. The number of nitrogens with zero attached hydrogens (tertiary/aromatic N) is 1. The Morgan fingerprint density at radius 2 is 1.74 bits per heavy atom. The molecule has 170 valence electrons. The second-order valence-corrected chi connectivity index (χ2v) is 8.68. The van der Waals surface area contributed by atoms with Crippen molar-refractivity contribution < 1.29 is 22.4 Å². The molecule has 0 saturated carbocycles. The van der Waals surface area contributed by atoms with Crippen LogP contribution in [0.15, 0.2) is 82.0 Å². The average molecular weight is 480 g/mol. The van der Waals surface area contributed by atoms with Crippen LogP contribution < -0.4 is 10.9 Å². The zero-order valence-electron chi connectivity index (χ0n) is 17.3. The summed E-state index contributed by atoms with van der Waals surface area (Å²) in [6.07, 6.45) is -4.02. The van der Waals surface area contributed by atoms with Crippen molar-refractivity contribution in [3.63, 3.8) is 0 Å². The molecule has 0 fully saturated rings. The summed E-state index contributed by atoms with van der Waals surface area (Å²) in [5.74, 6) is -0.454. The van der Waals surface area contributed by atoms with E-state index in [9.17, 15) is 22.8 Å². The van der Waals surface area contributed by atoms with Gasteiger partial charge in [-0.15, -0.1) is 11.3 Å². The molecule has 1 N–H and O–H groups in total. The van der Waals surface area contributed by atoms with Crippen LogP contribution in [0, 0.1) is 0 Å². The van der Waals surface area contributed by atoms with Gasteiger partial charge in [0.2, 0.25) is 0 Å². The second-order valence-electron chi connectivity index (χ2n) is 7.56. The second kappa shape index (κ2) is 8.42. The van der Waals surface area contributed by atoms with Gasteiger partial charge in [-0.25, -0.2) is 9.78 Å². The summed E-state index contributed by atoms with van der Waals surface area (Å²) in [5, 5.41) is 4.16. The number of carbonyl (C=O) groups excluding carboxylic acids is 1. The molecule has 5 rings (SSSR count). The maximum atomic E-state index is 13.0. The number of nitrogens with one attached hydrogen (secondary N) is 1. The Labute approximate surface area is 194 Å². The van der Waals surface area contributed by atoms with Crippen LogP contribution in [-0.2, 0) is 12.6 Å². The molecule has 0 aliphatic carbocycles. The van der Waals surface area contributed by atoms with Gasteiger partial charge in [0.05, 0.1) is 26.5 Å². The first-order valence-electron chi connectivity index (χ1n) is 10.2. The van der Waals surface area contributed by atoms with E-state index in [2.05, 4.69) is 10.3 Å². The summed E-state index contributed by atoms with van der Waals surface area (Å²) < 4.78 is 44.5. The van der Waals surface area contributed by atoms with E-state index in [4.69, 9.17) is 4.42 Å². The van der Waals surface area contributed by atoms with Gasteiger partial charge >= 0.3 is 11.8 Å². The fourth-order valence-electron chi connectivity index (χ4n) is 3.62. The largest absolute Gasteiger partial charge is 0.422 e. The Balaban J connectivity index is 1.43. The first-order chi connectivity index (χ1) is 16.3. The van der Waals surface area contributed by atoms with Crippen LogP contribution in [0.5, 0.6) is 0 Å². The van der Waals surface area contributed by atoms with Gasteiger partial charge in [0.25, 0.3) is 5.91 Å². The Kier molecular flexibility index (Phi) is 5.41. The van der Waals surface area contributed by atoms with E-state index in [1.165, 1.54) is 29.5 Å². The molecule has 5 aromatic rings. The number of fused-ring (bicyclic) bond motifs is 2. The fraction of sp³-hybridized carbons (Fsp3) is 0.0800. The lowest BCUT2D eigenvalue weighted by Crippen LogP contribution is -2.13. The maximum absolute atomic E-state index is 13.0. The van der Waals surface area contributed by atoms with Gasteiger partial charge in [-0.2, -0.15) is 13.2 Å². The van der Waals surface area contributed by atoms with E-state index in [1.807, 2.05) is 6.07 Å². The molecule has 5 nitrogen and oxygen atoms in total. The Morgan fingerprint density at radius 1 is 0.971 bits per heavy atom. The minimum atomic E-state index is -4.38.